The number of aryl methyl sites for hydroxylation is 1. The molecule has 0 amide bonds. The Hall–Kier alpha value is -0.590. The van der Waals surface area contributed by atoms with Gasteiger partial charge in [0.15, 0.2) is 0 Å². The molecule has 0 bridgehead atoms. The maximum Gasteiger partial charge on any atom is 0.264 e. The van der Waals surface area contributed by atoms with Crippen LogP contribution in [-0.4, -0.2) is 31.4 Å². The van der Waals surface area contributed by atoms with Crippen LogP contribution >= 0.6 is 10.7 Å². The Kier molecular flexibility index (Phi) is 4.53. The van der Waals surface area contributed by atoms with Crippen LogP contribution in [-0.2, 0) is 26.6 Å². The van der Waals surface area contributed by atoms with Gasteiger partial charge in [-0.2, -0.15) is 5.10 Å². The summed E-state index contributed by atoms with van der Waals surface area (Å²) < 4.78 is 30.7. The van der Waals surface area contributed by atoms with Gasteiger partial charge >= 0.3 is 0 Å². The van der Waals surface area contributed by atoms with Gasteiger partial charge in [-0.05, 0) is 25.7 Å². The van der Waals surface area contributed by atoms with Gasteiger partial charge in [0.2, 0.25) is 0 Å². The van der Waals surface area contributed by atoms with Crippen LogP contribution in [0.25, 0.3) is 0 Å². The van der Waals surface area contributed by atoms with Crippen LogP contribution in [0.1, 0.15) is 44.1 Å². The molecule has 0 saturated carbocycles. The lowest BCUT2D eigenvalue weighted by molar-refractivity contribution is 0.0653. The highest BCUT2D eigenvalue weighted by atomic mass is 35.7. The first-order chi connectivity index (χ1) is 8.99. The predicted octanol–water partition coefficient (Wildman–Crippen LogP) is 2.29. The SMILES string of the molecule is CCc1nn(C2CCOCC2)c(CC)c1S(=O)(=O)Cl. The van der Waals surface area contributed by atoms with Crippen molar-refractivity contribution in [2.24, 2.45) is 0 Å². The Morgan fingerprint density at radius 3 is 2.42 bits per heavy atom. The molecule has 1 aliphatic heterocycles. The first-order valence-corrected chi connectivity index (χ1v) is 8.92. The molecule has 1 fully saturated rings. The Labute approximate surface area is 118 Å². The number of aromatic nitrogens is 2. The number of rotatable bonds is 4. The lowest BCUT2D eigenvalue weighted by Gasteiger charge is -2.24. The van der Waals surface area contributed by atoms with Crippen molar-refractivity contribution in [3.05, 3.63) is 11.4 Å². The Morgan fingerprint density at radius 1 is 1.32 bits per heavy atom. The van der Waals surface area contributed by atoms with Crippen molar-refractivity contribution in [2.45, 2.75) is 50.5 Å². The van der Waals surface area contributed by atoms with Crippen molar-refractivity contribution < 1.29 is 13.2 Å². The van der Waals surface area contributed by atoms with Crippen molar-refractivity contribution in [3.63, 3.8) is 0 Å². The molecule has 2 rings (SSSR count). The molecular formula is C12H19ClN2O3S. The minimum Gasteiger partial charge on any atom is -0.381 e. The van der Waals surface area contributed by atoms with E-state index in [1.54, 1.807) is 0 Å². The Morgan fingerprint density at radius 2 is 1.95 bits per heavy atom. The highest BCUT2D eigenvalue weighted by Gasteiger charge is 2.28. The van der Waals surface area contributed by atoms with Crippen molar-refractivity contribution >= 4 is 19.7 Å². The second-order valence-corrected chi connectivity index (χ2v) is 7.16. The summed E-state index contributed by atoms with van der Waals surface area (Å²) in [5.41, 5.74) is 1.29. The Bertz CT molecular complexity index is 548. The maximum absolute atomic E-state index is 11.8. The molecule has 0 aromatic carbocycles. The topological polar surface area (TPSA) is 61.2 Å². The van der Waals surface area contributed by atoms with Gasteiger partial charge in [0, 0.05) is 23.9 Å². The zero-order valence-corrected chi connectivity index (χ0v) is 12.8. The molecule has 5 nitrogen and oxygen atoms in total. The van der Waals surface area contributed by atoms with Gasteiger partial charge in [-0.15, -0.1) is 0 Å². The maximum atomic E-state index is 11.8. The number of nitrogens with zero attached hydrogens (tertiary/aromatic N) is 2. The summed E-state index contributed by atoms with van der Waals surface area (Å²) in [6.07, 6.45) is 2.88. The molecule has 1 aliphatic rings. The fourth-order valence-electron chi connectivity index (χ4n) is 2.57. The van der Waals surface area contributed by atoms with Crippen LogP contribution in [0.15, 0.2) is 4.90 Å². The van der Waals surface area contributed by atoms with Gasteiger partial charge in [0.25, 0.3) is 9.05 Å². The molecular weight excluding hydrogens is 288 g/mol. The third-order valence-corrected chi connectivity index (χ3v) is 4.90. The summed E-state index contributed by atoms with van der Waals surface area (Å²) >= 11 is 0. The van der Waals surface area contributed by atoms with Crippen molar-refractivity contribution in [3.8, 4) is 0 Å². The molecule has 0 atom stereocenters. The number of hydrogen-bond donors (Lipinski definition) is 0. The number of ether oxygens (including phenoxy) is 1. The molecule has 1 saturated heterocycles. The first-order valence-electron chi connectivity index (χ1n) is 6.61. The van der Waals surface area contributed by atoms with Crippen molar-refractivity contribution in [1.82, 2.24) is 9.78 Å². The molecule has 1 aromatic rings. The molecule has 7 heteroatoms. The van der Waals surface area contributed by atoms with Gasteiger partial charge in [0.05, 0.1) is 17.4 Å². The summed E-state index contributed by atoms with van der Waals surface area (Å²) in [7, 11) is 1.82. The lowest BCUT2D eigenvalue weighted by Crippen LogP contribution is -2.22. The monoisotopic (exact) mass is 306 g/mol. The van der Waals surface area contributed by atoms with E-state index in [0.29, 0.717) is 31.7 Å². The molecule has 1 aromatic heterocycles. The number of halogens is 1. The van der Waals surface area contributed by atoms with Crippen LogP contribution in [0.2, 0.25) is 0 Å². The molecule has 2 heterocycles. The standard InChI is InChI=1S/C12H19ClN2O3S/c1-3-10-12(19(13,16)17)11(4-2)15(14-10)9-5-7-18-8-6-9/h9H,3-8H2,1-2H3. The summed E-state index contributed by atoms with van der Waals surface area (Å²) in [5, 5.41) is 4.49. The zero-order chi connectivity index (χ0) is 14.0. The van der Waals surface area contributed by atoms with Crippen LogP contribution in [0.5, 0.6) is 0 Å². The van der Waals surface area contributed by atoms with E-state index in [1.165, 1.54) is 0 Å². The molecule has 0 spiro atoms. The van der Waals surface area contributed by atoms with E-state index in [1.807, 2.05) is 18.5 Å². The van der Waals surface area contributed by atoms with Crippen molar-refractivity contribution in [2.75, 3.05) is 13.2 Å². The number of hydrogen-bond acceptors (Lipinski definition) is 4. The van der Waals surface area contributed by atoms with E-state index in [-0.39, 0.29) is 10.9 Å². The molecule has 0 aliphatic carbocycles. The minimum atomic E-state index is -3.75. The first kappa shape index (κ1) is 14.8. The minimum absolute atomic E-state index is 0.209. The molecule has 0 unspecified atom stereocenters. The Balaban J connectivity index is 2.52. The predicted molar refractivity (Wildman–Crippen MR) is 73.1 cm³/mol. The lowest BCUT2D eigenvalue weighted by atomic mass is 10.1. The van der Waals surface area contributed by atoms with Crippen molar-refractivity contribution in [1.29, 1.82) is 0 Å². The van der Waals surface area contributed by atoms with E-state index < -0.39 is 9.05 Å². The third-order valence-electron chi connectivity index (χ3n) is 3.48. The van der Waals surface area contributed by atoms with Gasteiger partial charge in [-0.3, -0.25) is 4.68 Å². The highest BCUT2D eigenvalue weighted by Crippen LogP contribution is 2.30. The van der Waals surface area contributed by atoms with E-state index >= 15 is 0 Å². The second-order valence-electron chi connectivity index (χ2n) is 4.66. The van der Waals surface area contributed by atoms with Gasteiger partial charge in [0.1, 0.15) is 4.90 Å². The van der Waals surface area contributed by atoms with Crippen LogP contribution in [0.3, 0.4) is 0 Å². The average molecular weight is 307 g/mol. The fourth-order valence-corrected chi connectivity index (χ4v) is 4.09. The average Bonchev–Trinajstić information content (AvgIpc) is 2.78. The van der Waals surface area contributed by atoms with Gasteiger partial charge < -0.3 is 4.74 Å². The molecule has 0 radical (unpaired) electrons. The normalized spacial score (nSPS) is 17.8. The molecule has 0 N–H and O–H groups in total. The molecule has 108 valence electrons. The van der Waals surface area contributed by atoms with E-state index in [0.717, 1.165) is 18.5 Å². The van der Waals surface area contributed by atoms with Gasteiger partial charge in [-0.25, -0.2) is 8.42 Å². The highest BCUT2D eigenvalue weighted by molar-refractivity contribution is 8.13. The summed E-state index contributed by atoms with van der Waals surface area (Å²) in [6, 6.07) is 0.209. The molecule has 19 heavy (non-hydrogen) atoms. The largest absolute Gasteiger partial charge is 0.381 e. The van der Waals surface area contributed by atoms with Crippen LogP contribution < -0.4 is 0 Å². The smallest absolute Gasteiger partial charge is 0.264 e. The third kappa shape index (κ3) is 2.95. The second kappa shape index (κ2) is 5.81. The fraction of sp³-hybridized carbons (Fsp3) is 0.750. The van der Waals surface area contributed by atoms with E-state index in [9.17, 15) is 8.42 Å². The quantitative estimate of drug-likeness (QED) is 0.801. The van der Waals surface area contributed by atoms with Gasteiger partial charge in [-0.1, -0.05) is 13.8 Å². The zero-order valence-electron chi connectivity index (χ0n) is 11.2. The summed E-state index contributed by atoms with van der Waals surface area (Å²) in [5.74, 6) is 0. The van der Waals surface area contributed by atoms with Crippen LogP contribution in [0.4, 0.5) is 0 Å². The van der Waals surface area contributed by atoms with Crippen LogP contribution in [0, 0.1) is 0 Å². The van der Waals surface area contributed by atoms with E-state index in [2.05, 4.69) is 5.10 Å². The van der Waals surface area contributed by atoms with E-state index in [4.69, 9.17) is 15.4 Å². The summed E-state index contributed by atoms with van der Waals surface area (Å²) in [4.78, 5) is 0.214. The summed E-state index contributed by atoms with van der Waals surface area (Å²) in [6.45, 7) is 5.20.